The summed E-state index contributed by atoms with van der Waals surface area (Å²) in [5.74, 6) is -0.656. The molecular weight excluding hydrogens is 362 g/mol. The summed E-state index contributed by atoms with van der Waals surface area (Å²) in [5, 5.41) is 0. The predicted molar refractivity (Wildman–Crippen MR) is 93.4 cm³/mol. The average molecular weight is 377 g/mol. The lowest BCUT2D eigenvalue weighted by atomic mass is 10.2. The van der Waals surface area contributed by atoms with Crippen molar-refractivity contribution in [2.45, 2.75) is 24.5 Å². The second-order valence-corrected chi connectivity index (χ2v) is 7.54. The van der Waals surface area contributed by atoms with Crippen molar-refractivity contribution in [1.29, 1.82) is 0 Å². The summed E-state index contributed by atoms with van der Waals surface area (Å²) in [5.41, 5.74) is 1.60. The Labute approximate surface area is 149 Å². The Hall–Kier alpha value is -2.36. The van der Waals surface area contributed by atoms with Gasteiger partial charge in [-0.1, -0.05) is 36.4 Å². The number of nitrogens with one attached hydrogen (secondary N) is 1. The number of aromatic nitrogens is 2. The van der Waals surface area contributed by atoms with Crippen LogP contribution in [0.3, 0.4) is 0 Å². The van der Waals surface area contributed by atoms with Crippen LogP contribution in [0.2, 0.25) is 0 Å². The van der Waals surface area contributed by atoms with Gasteiger partial charge < -0.3 is 4.74 Å². The molecule has 0 spiro atoms. The molecule has 3 rings (SSSR count). The Morgan fingerprint density at radius 3 is 2.68 bits per heavy atom. The monoisotopic (exact) mass is 377 g/mol. The van der Waals surface area contributed by atoms with E-state index in [-0.39, 0.29) is 17.0 Å². The molecule has 1 heterocycles. The largest absolute Gasteiger partial charge is 0.460 e. The van der Waals surface area contributed by atoms with Gasteiger partial charge in [-0.15, -0.1) is 0 Å². The van der Waals surface area contributed by atoms with E-state index >= 15 is 0 Å². The van der Waals surface area contributed by atoms with Gasteiger partial charge in [0.15, 0.2) is 0 Å². The van der Waals surface area contributed by atoms with Crippen LogP contribution >= 0.6 is 11.7 Å². The number of sulfonamides is 1. The third-order valence-electron chi connectivity index (χ3n) is 3.45. The fourth-order valence-electron chi connectivity index (χ4n) is 2.20. The number of ether oxygens (including phenoxy) is 1. The summed E-state index contributed by atoms with van der Waals surface area (Å²) in [6.45, 7) is 1.52. The number of hydrogen-bond donors (Lipinski definition) is 1. The molecule has 130 valence electrons. The van der Waals surface area contributed by atoms with E-state index in [0.717, 1.165) is 17.3 Å². The Kier molecular flexibility index (Phi) is 5.07. The molecule has 0 amide bonds. The van der Waals surface area contributed by atoms with Gasteiger partial charge in [-0.05, 0) is 24.6 Å². The normalized spacial score (nSPS) is 12.8. The van der Waals surface area contributed by atoms with Gasteiger partial charge in [0, 0.05) is 0 Å². The van der Waals surface area contributed by atoms with Crippen molar-refractivity contribution in [1.82, 2.24) is 13.5 Å². The topological polar surface area (TPSA) is 98.3 Å². The molecule has 0 radical (unpaired) electrons. The van der Waals surface area contributed by atoms with Crippen LogP contribution in [0.4, 0.5) is 0 Å². The van der Waals surface area contributed by atoms with E-state index in [1.165, 1.54) is 13.0 Å². The van der Waals surface area contributed by atoms with Crippen molar-refractivity contribution in [2.24, 2.45) is 0 Å². The molecule has 3 aromatic rings. The number of carbonyl (C=O) groups is 1. The highest BCUT2D eigenvalue weighted by Crippen LogP contribution is 2.21. The molecule has 25 heavy (non-hydrogen) atoms. The maximum Gasteiger partial charge on any atom is 0.324 e. The first-order valence-corrected chi connectivity index (χ1v) is 9.63. The molecule has 0 unspecified atom stereocenters. The van der Waals surface area contributed by atoms with Crippen LogP contribution in [-0.4, -0.2) is 29.2 Å². The van der Waals surface area contributed by atoms with Crippen molar-refractivity contribution in [3.8, 4) is 0 Å². The van der Waals surface area contributed by atoms with Crippen molar-refractivity contribution in [2.75, 3.05) is 0 Å². The second-order valence-electron chi connectivity index (χ2n) is 5.32. The van der Waals surface area contributed by atoms with Crippen LogP contribution in [0.25, 0.3) is 11.0 Å². The standard InChI is InChI=1S/C16H15N3O4S2/c1-11(16(20)23-10-12-6-3-2-4-7-12)19-25(21,22)14-9-5-8-13-15(14)18-24-17-13/h2-9,11,19H,10H2,1H3/t11-/m1/s1. The maximum atomic E-state index is 12.6. The van der Waals surface area contributed by atoms with Crippen LogP contribution < -0.4 is 4.72 Å². The zero-order chi connectivity index (χ0) is 17.9. The fraction of sp³-hybridized carbons (Fsp3) is 0.188. The van der Waals surface area contributed by atoms with Crippen LogP contribution in [0.5, 0.6) is 0 Å². The molecule has 0 saturated carbocycles. The minimum atomic E-state index is -3.93. The summed E-state index contributed by atoms with van der Waals surface area (Å²) >= 11 is 0.930. The molecule has 0 aliphatic rings. The number of carbonyl (C=O) groups excluding carboxylic acids is 1. The molecule has 0 bridgehead atoms. The number of esters is 1. The van der Waals surface area contributed by atoms with E-state index in [4.69, 9.17) is 4.74 Å². The van der Waals surface area contributed by atoms with E-state index in [2.05, 4.69) is 13.5 Å². The molecule has 0 saturated heterocycles. The van der Waals surface area contributed by atoms with Crippen LogP contribution in [0.1, 0.15) is 12.5 Å². The van der Waals surface area contributed by atoms with Crippen molar-refractivity contribution >= 4 is 38.8 Å². The molecule has 9 heteroatoms. The van der Waals surface area contributed by atoms with Gasteiger partial charge >= 0.3 is 5.97 Å². The van der Waals surface area contributed by atoms with Crippen molar-refractivity contribution in [3.05, 3.63) is 54.1 Å². The quantitative estimate of drug-likeness (QED) is 0.661. The average Bonchev–Trinajstić information content (AvgIpc) is 3.08. The SMILES string of the molecule is C[C@@H](NS(=O)(=O)c1cccc2nsnc12)C(=O)OCc1ccccc1. The Bertz CT molecular complexity index is 987. The molecule has 0 aliphatic heterocycles. The number of benzene rings is 2. The number of rotatable bonds is 6. The number of hydrogen-bond acceptors (Lipinski definition) is 7. The van der Waals surface area contributed by atoms with E-state index in [1.807, 2.05) is 30.3 Å². The highest BCUT2D eigenvalue weighted by molar-refractivity contribution is 7.89. The number of fused-ring (bicyclic) bond motifs is 1. The van der Waals surface area contributed by atoms with Crippen molar-refractivity contribution < 1.29 is 17.9 Å². The van der Waals surface area contributed by atoms with Gasteiger partial charge in [0.1, 0.15) is 28.6 Å². The van der Waals surface area contributed by atoms with E-state index < -0.39 is 22.0 Å². The summed E-state index contributed by atoms with van der Waals surface area (Å²) < 4.78 is 40.6. The second kappa shape index (κ2) is 7.26. The van der Waals surface area contributed by atoms with E-state index in [9.17, 15) is 13.2 Å². The molecule has 1 aromatic heterocycles. The van der Waals surface area contributed by atoms with E-state index in [1.54, 1.807) is 12.1 Å². The van der Waals surface area contributed by atoms with Gasteiger partial charge in [0.05, 0.1) is 11.7 Å². The first-order chi connectivity index (χ1) is 12.0. The lowest BCUT2D eigenvalue weighted by molar-refractivity contribution is -0.146. The Morgan fingerprint density at radius 1 is 1.16 bits per heavy atom. The summed E-state index contributed by atoms with van der Waals surface area (Å²) in [6.07, 6.45) is 0. The van der Waals surface area contributed by atoms with Gasteiger partial charge in [-0.25, -0.2) is 8.42 Å². The molecule has 1 N–H and O–H groups in total. The third kappa shape index (κ3) is 4.01. The highest BCUT2D eigenvalue weighted by Gasteiger charge is 2.25. The predicted octanol–water partition coefficient (Wildman–Crippen LogP) is 2.10. The molecule has 2 aromatic carbocycles. The minimum Gasteiger partial charge on any atom is -0.460 e. The van der Waals surface area contributed by atoms with Gasteiger partial charge in [-0.2, -0.15) is 13.5 Å². The van der Waals surface area contributed by atoms with Crippen molar-refractivity contribution in [3.63, 3.8) is 0 Å². The molecule has 0 aliphatic carbocycles. The van der Waals surface area contributed by atoms with Crippen LogP contribution in [0.15, 0.2) is 53.4 Å². The first-order valence-electron chi connectivity index (χ1n) is 7.41. The summed E-state index contributed by atoms with van der Waals surface area (Å²) in [4.78, 5) is 12.1. The van der Waals surface area contributed by atoms with Crippen LogP contribution in [-0.2, 0) is 26.2 Å². The molecular formula is C16H15N3O4S2. The Morgan fingerprint density at radius 2 is 1.92 bits per heavy atom. The fourth-order valence-corrected chi connectivity index (χ4v) is 4.15. The zero-order valence-corrected chi connectivity index (χ0v) is 14.9. The molecule has 7 nitrogen and oxygen atoms in total. The maximum absolute atomic E-state index is 12.6. The van der Waals surface area contributed by atoms with E-state index in [0.29, 0.717) is 5.52 Å². The Balaban J connectivity index is 1.70. The smallest absolute Gasteiger partial charge is 0.324 e. The van der Waals surface area contributed by atoms with Gasteiger partial charge in [-0.3, -0.25) is 4.79 Å². The lowest BCUT2D eigenvalue weighted by Crippen LogP contribution is -2.39. The van der Waals surface area contributed by atoms with Crippen LogP contribution in [0, 0.1) is 0 Å². The summed E-state index contributed by atoms with van der Waals surface area (Å²) in [7, 11) is -3.93. The van der Waals surface area contributed by atoms with Gasteiger partial charge in [0.2, 0.25) is 10.0 Å². The number of nitrogens with zero attached hydrogens (tertiary/aromatic N) is 2. The highest BCUT2D eigenvalue weighted by atomic mass is 32.2. The molecule has 0 fully saturated rings. The molecule has 1 atom stereocenters. The zero-order valence-electron chi connectivity index (χ0n) is 13.2. The summed E-state index contributed by atoms with van der Waals surface area (Å²) in [6, 6.07) is 12.8. The first kappa shape index (κ1) is 17.5. The minimum absolute atomic E-state index is 0.0125. The third-order valence-corrected chi connectivity index (χ3v) is 5.56. The lowest BCUT2D eigenvalue weighted by Gasteiger charge is -2.14. The van der Waals surface area contributed by atoms with Gasteiger partial charge in [0.25, 0.3) is 0 Å².